The molecule has 0 unspecified atom stereocenters. The van der Waals surface area contributed by atoms with Gasteiger partial charge in [0.15, 0.2) is 5.78 Å². The zero-order valence-electron chi connectivity index (χ0n) is 14.4. The highest BCUT2D eigenvalue weighted by molar-refractivity contribution is 6.30. The van der Waals surface area contributed by atoms with Crippen LogP contribution < -0.4 is 5.32 Å². The molecular weight excluding hydrogens is 346 g/mol. The van der Waals surface area contributed by atoms with Crippen LogP contribution in [0.25, 0.3) is 0 Å². The molecule has 1 aromatic heterocycles. The molecular formula is C21H18ClN3O. The highest BCUT2D eigenvalue weighted by atomic mass is 35.5. The Morgan fingerprint density at radius 2 is 1.77 bits per heavy atom. The Morgan fingerprint density at radius 3 is 2.50 bits per heavy atom. The van der Waals surface area contributed by atoms with E-state index in [2.05, 4.69) is 15.3 Å². The fourth-order valence-electron chi connectivity index (χ4n) is 3.24. The summed E-state index contributed by atoms with van der Waals surface area (Å²) in [7, 11) is 0. The second-order valence-electron chi connectivity index (χ2n) is 6.62. The minimum Gasteiger partial charge on any atom is -0.324 e. The van der Waals surface area contributed by atoms with Gasteiger partial charge in [0.05, 0.1) is 11.3 Å². The van der Waals surface area contributed by atoms with Gasteiger partial charge in [-0.25, -0.2) is 9.97 Å². The number of hydrogen-bond acceptors (Lipinski definition) is 4. The van der Waals surface area contributed by atoms with E-state index in [1.165, 1.54) is 5.56 Å². The molecule has 0 radical (unpaired) electrons. The monoisotopic (exact) mass is 363 g/mol. The van der Waals surface area contributed by atoms with E-state index in [0.717, 1.165) is 16.9 Å². The topological polar surface area (TPSA) is 54.9 Å². The molecule has 4 rings (SSSR count). The minimum atomic E-state index is 0.0908. The zero-order valence-corrected chi connectivity index (χ0v) is 15.1. The summed E-state index contributed by atoms with van der Waals surface area (Å²) < 4.78 is 0. The van der Waals surface area contributed by atoms with Crippen molar-refractivity contribution < 1.29 is 4.79 Å². The average Bonchev–Trinajstić information content (AvgIpc) is 2.64. The molecule has 1 aliphatic carbocycles. The number of Topliss-reactive ketones (excluding diaryl/α,β-unsaturated/α-hetero) is 1. The zero-order chi connectivity index (χ0) is 18.1. The summed E-state index contributed by atoms with van der Waals surface area (Å²) in [5, 5.41) is 3.90. The van der Waals surface area contributed by atoms with Crippen LogP contribution in [-0.4, -0.2) is 15.8 Å². The minimum absolute atomic E-state index is 0.0908. The first kappa shape index (κ1) is 16.7. The van der Waals surface area contributed by atoms with E-state index in [4.69, 9.17) is 11.6 Å². The van der Waals surface area contributed by atoms with E-state index in [1.807, 2.05) is 55.5 Å². The maximum atomic E-state index is 12.5. The quantitative estimate of drug-likeness (QED) is 0.703. The molecule has 3 aromatic rings. The summed E-state index contributed by atoms with van der Waals surface area (Å²) in [6.07, 6.45) is 2.83. The van der Waals surface area contributed by atoms with Crippen LogP contribution in [0.15, 0.2) is 54.7 Å². The number of carbonyl (C=O) groups is 1. The normalized spacial score (nSPS) is 16.2. The number of halogens is 1. The number of nitrogens with one attached hydrogen (secondary N) is 1. The molecule has 0 aliphatic heterocycles. The number of fused-ring (bicyclic) bond motifs is 1. The Kier molecular flexibility index (Phi) is 4.43. The number of benzene rings is 2. The van der Waals surface area contributed by atoms with E-state index < -0.39 is 0 Å². The molecule has 5 heteroatoms. The number of carbonyl (C=O) groups excluding carboxylic acids is 1. The van der Waals surface area contributed by atoms with Crippen LogP contribution in [0.2, 0.25) is 5.02 Å². The first-order chi connectivity index (χ1) is 12.6. The maximum absolute atomic E-state index is 12.5. The Balaban J connectivity index is 1.60. The van der Waals surface area contributed by atoms with Gasteiger partial charge in [0.2, 0.25) is 5.95 Å². The van der Waals surface area contributed by atoms with Crippen molar-refractivity contribution in [1.29, 1.82) is 0 Å². The predicted octanol–water partition coefficient (Wildman–Crippen LogP) is 5.09. The lowest BCUT2D eigenvalue weighted by atomic mass is 9.82. The van der Waals surface area contributed by atoms with Gasteiger partial charge in [0, 0.05) is 23.3 Å². The number of anilines is 2. The molecule has 1 N–H and O–H groups in total. The molecule has 1 aliphatic rings. The van der Waals surface area contributed by atoms with Gasteiger partial charge in [-0.15, -0.1) is 0 Å². The summed E-state index contributed by atoms with van der Waals surface area (Å²) >= 11 is 5.97. The van der Waals surface area contributed by atoms with Crippen molar-refractivity contribution in [2.75, 3.05) is 5.32 Å². The largest absolute Gasteiger partial charge is 0.324 e. The Bertz CT molecular complexity index is 952. The third kappa shape index (κ3) is 3.46. The predicted molar refractivity (Wildman–Crippen MR) is 103 cm³/mol. The number of aromatic nitrogens is 2. The fraction of sp³-hybridized carbons (Fsp3) is 0.190. The number of aryl methyl sites for hydroxylation is 1. The van der Waals surface area contributed by atoms with Crippen LogP contribution in [-0.2, 0) is 6.42 Å². The van der Waals surface area contributed by atoms with Crippen LogP contribution in [0.5, 0.6) is 0 Å². The van der Waals surface area contributed by atoms with Crippen LogP contribution in [0, 0.1) is 6.92 Å². The molecule has 0 amide bonds. The molecule has 0 bridgehead atoms. The molecule has 1 heterocycles. The van der Waals surface area contributed by atoms with Crippen molar-refractivity contribution in [3.05, 3.63) is 82.1 Å². The molecule has 0 spiro atoms. The molecule has 0 saturated carbocycles. The van der Waals surface area contributed by atoms with E-state index >= 15 is 0 Å². The third-order valence-corrected chi connectivity index (χ3v) is 4.94. The van der Waals surface area contributed by atoms with Crippen molar-refractivity contribution >= 4 is 29.0 Å². The standard InChI is InChI=1S/C21H18ClN3O/c1-13-2-8-17(9-3-13)24-21-23-12-18-19(25-21)10-15(11-20(18)26)14-4-6-16(22)7-5-14/h2-9,12,15H,10-11H2,1H3,(H,23,24,25)/t15-/m1/s1. The molecule has 130 valence electrons. The van der Waals surface area contributed by atoms with Crippen molar-refractivity contribution in [3.8, 4) is 0 Å². The van der Waals surface area contributed by atoms with Crippen molar-refractivity contribution in [2.24, 2.45) is 0 Å². The van der Waals surface area contributed by atoms with Crippen molar-refractivity contribution in [1.82, 2.24) is 9.97 Å². The molecule has 26 heavy (non-hydrogen) atoms. The van der Waals surface area contributed by atoms with E-state index in [-0.39, 0.29) is 11.7 Å². The molecule has 1 atom stereocenters. The van der Waals surface area contributed by atoms with Gasteiger partial charge in [-0.1, -0.05) is 41.4 Å². The number of nitrogens with zero attached hydrogens (tertiary/aromatic N) is 2. The fourth-order valence-corrected chi connectivity index (χ4v) is 3.37. The summed E-state index contributed by atoms with van der Waals surface area (Å²) in [4.78, 5) is 21.4. The highest BCUT2D eigenvalue weighted by Gasteiger charge is 2.28. The Labute approximate surface area is 157 Å². The molecule has 0 saturated heterocycles. The summed E-state index contributed by atoms with van der Waals surface area (Å²) in [6.45, 7) is 2.04. The smallest absolute Gasteiger partial charge is 0.227 e. The van der Waals surface area contributed by atoms with Crippen molar-refractivity contribution in [2.45, 2.75) is 25.7 Å². The van der Waals surface area contributed by atoms with Crippen LogP contribution >= 0.6 is 11.6 Å². The Hall–Kier alpha value is -2.72. The van der Waals surface area contributed by atoms with Crippen LogP contribution in [0.1, 0.15) is 39.5 Å². The molecule has 2 aromatic carbocycles. The van der Waals surface area contributed by atoms with Gasteiger partial charge in [-0.05, 0) is 49.1 Å². The van der Waals surface area contributed by atoms with Gasteiger partial charge in [-0.2, -0.15) is 0 Å². The number of hydrogen-bond donors (Lipinski definition) is 1. The summed E-state index contributed by atoms with van der Waals surface area (Å²) in [6, 6.07) is 15.7. The van der Waals surface area contributed by atoms with E-state index in [0.29, 0.717) is 29.4 Å². The van der Waals surface area contributed by atoms with Crippen LogP contribution in [0.3, 0.4) is 0 Å². The first-order valence-corrected chi connectivity index (χ1v) is 8.94. The highest BCUT2D eigenvalue weighted by Crippen LogP contribution is 2.32. The van der Waals surface area contributed by atoms with Gasteiger partial charge >= 0.3 is 0 Å². The van der Waals surface area contributed by atoms with E-state index in [9.17, 15) is 4.79 Å². The summed E-state index contributed by atoms with van der Waals surface area (Å²) in [5.74, 6) is 0.722. The van der Waals surface area contributed by atoms with Gasteiger partial charge in [0.25, 0.3) is 0 Å². The molecule has 4 nitrogen and oxygen atoms in total. The van der Waals surface area contributed by atoms with Gasteiger partial charge in [0.1, 0.15) is 0 Å². The third-order valence-electron chi connectivity index (χ3n) is 4.69. The molecule has 0 fully saturated rings. The van der Waals surface area contributed by atoms with Crippen molar-refractivity contribution in [3.63, 3.8) is 0 Å². The van der Waals surface area contributed by atoms with E-state index in [1.54, 1.807) is 6.20 Å². The van der Waals surface area contributed by atoms with Crippen LogP contribution in [0.4, 0.5) is 11.6 Å². The Morgan fingerprint density at radius 1 is 1.04 bits per heavy atom. The second kappa shape index (κ2) is 6.89. The lowest BCUT2D eigenvalue weighted by molar-refractivity contribution is 0.0962. The second-order valence-corrected chi connectivity index (χ2v) is 7.06. The maximum Gasteiger partial charge on any atom is 0.227 e. The summed E-state index contributed by atoms with van der Waals surface area (Å²) in [5.41, 5.74) is 4.65. The first-order valence-electron chi connectivity index (χ1n) is 8.57. The SMILES string of the molecule is Cc1ccc(Nc2ncc3c(n2)C[C@@H](c2ccc(Cl)cc2)CC3=O)cc1. The number of ketones is 1. The lowest BCUT2D eigenvalue weighted by Gasteiger charge is -2.23. The average molecular weight is 364 g/mol. The van der Waals surface area contributed by atoms with Gasteiger partial charge < -0.3 is 5.32 Å². The lowest BCUT2D eigenvalue weighted by Crippen LogP contribution is -2.21. The van der Waals surface area contributed by atoms with Gasteiger partial charge in [-0.3, -0.25) is 4.79 Å². The number of rotatable bonds is 3.